The van der Waals surface area contributed by atoms with Crippen molar-refractivity contribution in [1.82, 2.24) is 0 Å². The van der Waals surface area contributed by atoms with Crippen LogP contribution >= 0.6 is 7.60 Å². The lowest BCUT2D eigenvalue weighted by molar-refractivity contribution is 0.222. The molecular formula is C17H29N2O4P. The molecule has 1 aromatic rings. The molecule has 1 rings (SSSR count). The Kier molecular flexibility index (Phi) is 9.72. The van der Waals surface area contributed by atoms with Crippen LogP contribution in [0.25, 0.3) is 0 Å². The zero-order chi connectivity index (χ0) is 17.8. The Balaban J connectivity index is 2.33. The van der Waals surface area contributed by atoms with Gasteiger partial charge in [-0.1, -0.05) is 18.2 Å². The number of hydrogen-bond acceptors (Lipinski definition) is 6. The van der Waals surface area contributed by atoms with Crippen LogP contribution in [0.15, 0.2) is 30.4 Å². The molecule has 0 radical (unpaired) electrons. The van der Waals surface area contributed by atoms with Crippen molar-refractivity contribution in [2.75, 3.05) is 31.4 Å². The fourth-order valence-corrected chi connectivity index (χ4v) is 3.59. The minimum atomic E-state index is -2.98. The smallest absolute Gasteiger partial charge is 0.334 e. The zero-order valence-corrected chi connectivity index (χ0v) is 15.7. The molecule has 0 aliphatic carbocycles. The lowest BCUT2D eigenvalue weighted by Crippen LogP contribution is -2.09. The molecule has 24 heavy (non-hydrogen) atoms. The first-order valence-corrected chi connectivity index (χ1v) is 10.0. The summed E-state index contributed by atoms with van der Waals surface area (Å²) in [6.45, 7) is 6.97. The van der Waals surface area contributed by atoms with Crippen LogP contribution in [0, 0.1) is 6.92 Å². The molecule has 0 bridgehead atoms. The molecule has 1 aromatic carbocycles. The number of ether oxygens (including phenoxy) is 1. The summed E-state index contributed by atoms with van der Waals surface area (Å²) in [6, 6.07) is 5.81. The molecule has 0 saturated heterocycles. The summed E-state index contributed by atoms with van der Waals surface area (Å²) in [6.07, 6.45) is 5.81. The number of hydrazine groups is 1. The zero-order valence-electron chi connectivity index (χ0n) is 14.8. The maximum absolute atomic E-state index is 12.3. The van der Waals surface area contributed by atoms with Gasteiger partial charge in [-0.15, -0.1) is 0 Å². The quantitative estimate of drug-likeness (QED) is 0.191. The Hall–Kier alpha value is -1.33. The molecule has 0 aliphatic rings. The van der Waals surface area contributed by atoms with Crippen molar-refractivity contribution < 1.29 is 18.3 Å². The Labute approximate surface area is 144 Å². The molecule has 136 valence electrons. The summed E-state index contributed by atoms with van der Waals surface area (Å²) < 4.78 is 28.5. The predicted octanol–water partition coefficient (Wildman–Crippen LogP) is 4.26. The molecule has 0 heterocycles. The summed E-state index contributed by atoms with van der Waals surface area (Å²) in [4.78, 5) is 0. The molecule has 0 fully saturated rings. The number of allylic oxidation sites excluding steroid dienone is 2. The van der Waals surface area contributed by atoms with Crippen LogP contribution in [0.1, 0.15) is 32.3 Å². The van der Waals surface area contributed by atoms with E-state index in [1.807, 2.05) is 51.1 Å². The van der Waals surface area contributed by atoms with Crippen LogP contribution in [0.2, 0.25) is 0 Å². The van der Waals surface area contributed by atoms with Gasteiger partial charge < -0.3 is 19.2 Å². The molecule has 7 heteroatoms. The maximum Gasteiger partial charge on any atom is 0.334 e. The highest BCUT2D eigenvalue weighted by Gasteiger charge is 2.20. The fourth-order valence-electron chi connectivity index (χ4n) is 2.11. The van der Waals surface area contributed by atoms with E-state index in [0.29, 0.717) is 26.0 Å². The normalized spacial score (nSPS) is 11.8. The summed E-state index contributed by atoms with van der Waals surface area (Å²) in [5.74, 6) is 6.22. The minimum absolute atomic E-state index is 0.300. The summed E-state index contributed by atoms with van der Waals surface area (Å²) in [5.41, 5.74) is 4.51. The van der Waals surface area contributed by atoms with Crippen LogP contribution in [0.3, 0.4) is 0 Å². The highest BCUT2D eigenvalue weighted by molar-refractivity contribution is 7.54. The first kappa shape index (κ1) is 20.7. The van der Waals surface area contributed by atoms with E-state index in [1.165, 1.54) is 0 Å². The molecule has 0 saturated carbocycles. The number of anilines is 1. The second-order valence-electron chi connectivity index (χ2n) is 5.24. The van der Waals surface area contributed by atoms with Gasteiger partial charge in [-0.25, -0.2) is 0 Å². The number of aryl methyl sites for hydroxylation is 1. The van der Waals surface area contributed by atoms with Gasteiger partial charge in [0.2, 0.25) is 0 Å². The molecule has 0 spiro atoms. The molecular weight excluding hydrogens is 327 g/mol. The van der Waals surface area contributed by atoms with Crippen molar-refractivity contribution in [3.05, 3.63) is 35.9 Å². The molecule has 0 aliphatic heterocycles. The summed E-state index contributed by atoms with van der Waals surface area (Å²) >= 11 is 0. The highest BCUT2D eigenvalue weighted by atomic mass is 31.2. The van der Waals surface area contributed by atoms with Crippen molar-refractivity contribution >= 4 is 13.3 Å². The van der Waals surface area contributed by atoms with Crippen LogP contribution in [-0.4, -0.2) is 26.0 Å². The molecule has 0 atom stereocenters. The second kappa shape index (κ2) is 11.3. The van der Waals surface area contributed by atoms with Crippen molar-refractivity contribution in [3.63, 3.8) is 0 Å². The van der Waals surface area contributed by atoms with E-state index in [1.54, 1.807) is 0 Å². The number of benzene rings is 1. The van der Waals surface area contributed by atoms with Crippen LogP contribution in [0.4, 0.5) is 5.69 Å². The maximum atomic E-state index is 12.3. The minimum Gasteiger partial charge on any atom is -0.491 e. The fraction of sp³-hybridized carbons (Fsp3) is 0.529. The van der Waals surface area contributed by atoms with Gasteiger partial charge in [0, 0.05) is 0 Å². The van der Waals surface area contributed by atoms with Crippen molar-refractivity contribution in [3.8, 4) is 5.75 Å². The third kappa shape index (κ3) is 7.49. The SMILES string of the molecule is CCOP(=O)(C/C=C/CCCOc1cc(C)ccc1NN)OCC. The lowest BCUT2D eigenvalue weighted by atomic mass is 10.2. The standard InChI is InChI=1S/C17H29N2O4P/c1-4-22-24(20,23-5-2)13-9-7-6-8-12-21-17-14-15(3)10-11-16(17)19-18/h7,9-11,14,19H,4-6,8,12-13,18H2,1-3H3/b9-7+. The van der Waals surface area contributed by atoms with Crippen molar-refractivity contribution in [2.45, 2.75) is 33.6 Å². The highest BCUT2D eigenvalue weighted by Crippen LogP contribution is 2.47. The second-order valence-corrected chi connectivity index (χ2v) is 7.34. The summed E-state index contributed by atoms with van der Waals surface area (Å²) in [5, 5.41) is 0. The molecule has 0 amide bonds. The van der Waals surface area contributed by atoms with Crippen LogP contribution in [-0.2, 0) is 13.6 Å². The molecule has 0 unspecified atom stereocenters. The van der Waals surface area contributed by atoms with E-state index in [-0.39, 0.29) is 0 Å². The largest absolute Gasteiger partial charge is 0.491 e. The third-order valence-corrected chi connectivity index (χ3v) is 5.17. The van der Waals surface area contributed by atoms with Gasteiger partial charge in [0.1, 0.15) is 5.75 Å². The number of unbranched alkanes of at least 4 members (excludes halogenated alkanes) is 1. The third-order valence-electron chi connectivity index (χ3n) is 3.21. The van der Waals surface area contributed by atoms with Crippen molar-refractivity contribution in [2.24, 2.45) is 5.84 Å². The first-order valence-electron chi connectivity index (χ1n) is 8.27. The van der Waals surface area contributed by atoms with Gasteiger partial charge in [-0.2, -0.15) is 0 Å². The van der Waals surface area contributed by atoms with E-state index in [4.69, 9.17) is 19.6 Å². The molecule has 0 aromatic heterocycles. The van der Waals surface area contributed by atoms with E-state index in [9.17, 15) is 4.57 Å². The van der Waals surface area contributed by atoms with Gasteiger partial charge in [0.05, 0.1) is 31.7 Å². The van der Waals surface area contributed by atoms with E-state index in [2.05, 4.69) is 5.43 Å². The lowest BCUT2D eigenvalue weighted by Gasteiger charge is -2.14. The topological polar surface area (TPSA) is 82.8 Å². The van der Waals surface area contributed by atoms with Gasteiger partial charge in [0.15, 0.2) is 0 Å². The number of rotatable bonds is 12. The van der Waals surface area contributed by atoms with Gasteiger partial charge in [0.25, 0.3) is 0 Å². The van der Waals surface area contributed by atoms with Crippen LogP contribution < -0.4 is 16.0 Å². The van der Waals surface area contributed by atoms with E-state index < -0.39 is 7.60 Å². The number of nitrogen functional groups attached to an aromatic ring is 1. The Morgan fingerprint density at radius 3 is 2.54 bits per heavy atom. The first-order chi connectivity index (χ1) is 11.5. The summed E-state index contributed by atoms with van der Waals surface area (Å²) in [7, 11) is -2.98. The average molecular weight is 356 g/mol. The van der Waals surface area contributed by atoms with Gasteiger partial charge in [-0.3, -0.25) is 10.4 Å². The average Bonchev–Trinajstić information content (AvgIpc) is 2.54. The molecule has 3 N–H and O–H groups in total. The van der Waals surface area contributed by atoms with Crippen molar-refractivity contribution in [1.29, 1.82) is 0 Å². The number of hydrogen-bond donors (Lipinski definition) is 2. The van der Waals surface area contributed by atoms with Crippen LogP contribution in [0.5, 0.6) is 5.75 Å². The number of nitrogens with one attached hydrogen (secondary N) is 1. The van der Waals surface area contributed by atoms with Gasteiger partial charge >= 0.3 is 7.60 Å². The Morgan fingerprint density at radius 1 is 1.21 bits per heavy atom. The Morgan fingerprint density at radius 2 is 1.92 bits per heavy atom. The Bertz CT molecular complexity index is 554. The van der Waals surface area contributed by atoms with E-state index in [0.717, 1.165) is 29.8 Å². The predicted molar refractivity (Wildman–Crippen MR) is 98.6 cm³/mol. The monoisotopic (exact) mass is 356 g/mol. The number of nitrogens with two attached hydrogens (primary N) is 1. The van der Waals surface area contributed by atoms with Gasteiger partial charge in [-0.05, 0) is 51.3 Å². The van der Waals surface area contributed by atoms with E-state index >= 15 is 0 Å². The molecule has 6 nitrogen and oxygen atoms in total.